The molecule has 1 atom stereocenters. The molecule has 1 saturated heterocycles. The van der Waals surface area contributed by atoms with Crippen molar-refractivity contribution in [3.8, 4) is 0 Å². The largest absolute Gasteiger partial charge is 0.378 e. The smallest absolute Gasteiger partial charge is 0.222 e. The Morgan fingerprint density at radius 1 is 1.62 bits per heavy atom. The zero-order valence-electron chi connectivity index (χ0n) is 7.72. The van der Waals surface area contributed by atoms with Crippen molar-refractivity contribution in [2.45, 2.75) is 31.8 Å². The topological polar surface area (TPSA) is 38.3 Å². The fourth-order valence-corrected chi connectivity index (χ4v) is 1.66. The first-order valence-corrected chi connectivity index (χ1v) is 5.89. The van der Waals surface area contributed by atoms with E-state index in [0.29, 0.717) is 6.42 Å². The lowest BCUT2D eigenvalue weighted by Gasteiger charge is -2.08. The summed E-state index contributed by atoms with van der Waals surface area (Å²) in [7, 11) is 0. The van der Waals surface area contributed by atoms with Crippen LogP contribution in [-0.2, 0) is 9.53 Å². The Hall–Kier alpha value is -0.0900. The van der Waals surface area contributed by atoms with Gasteiger partial charge in [0.1, 0.15) is 0 Å². The highest BCUT2D eigenvalue weighted by molar-refractivity contribution is 9.09. The van der Waals surface area contributed by atoms with Gasteiger partial charge in [-0.25, -0.2) is 0 Å². The van der Waals surface area contributed by atoms with E-state index in [4.69, 9.17) is 4.74 Å². The summed E-state index contributed by atoms with van der Waals surface area (Å²) >= 11 is 3.31. The molecule has 0 radical (unpaired) electrons. The number of nitrogens with one attached hydrogen (secondary N) is 1. The average molecular weight is 250 g/mol. The molecule has 1 aliphatic rings. The first-order chi connectivity index (χ1) is 6.33. The van der Waals surface area contributed by atoms with Crippen molar-refractivity contribution in [2.24, 2.45) is 0 Å². The number of alkyl halides is 1. The second kappa shape index (κ2) is 6.38. The van der Waals surface area contributed by atoms with Crippen LogP contribution in [0.2, 0.25) is 0 Å². The lowest BCUT2D eigenvalue weighted by Crippen LogP contribution is -2.28. The summed E-state index contributed by atoms with van der Waals surface area (Å²) in [5.41, 5.74) is 0. The quantitative estimate of drug-likeness (QED) is 0.592. The number of halogens is 1. The number of carbonyl (C=O) groups excluding carboxylic acids is 1. The highest BCUT2D eigenvalue weighted by Crippen LogP contribution is 2.14. The summed E-state index contributed by atoms with van der Waals surface area (Å²) in [5, 5.41) is 3.80. The third kappa shape index (κ3) is 4.62. The van der Waals surface area contributed by atoms with Gasteiger partial charge in [0.15, 0.2) is 0 Å². The Morgan fingerprint density at radius 3 is 3.08 bits per heavy atom. The molecule has 76 valence electrons. The SMILES string of the molecule is O=C(CC1CCCO1)NCCCBr. The van der Waals surface area contributed by atoms with Gasteiger partial charge < -0.3 is 10.1 Å². The van der Waals surface area contributed by atoms with Gasteiger partial charge in [0.2, 0.25) is 5.91 Å². The molecule has 3 nitrogen and oxygen atoms in total. The maximum atomic E-state index is 11.3. The van der Waals surface area contributed by atoms with E-state index in [9.17, 15) is 4.79 Å². The molecule has 0 bridgehead atoms. The molecule has 1 unspecified atom stereocenters. The Labute approximate surface area is 87.3 Å². The van der Waals surface area contributed by atoms with Crippen LogP contribution < -0.4 is 5.32 Å². The molecule has 13 heavy (non-hydrogen) atoms. The van der Waals surface area contributed by atoms with Crippen LogP contribution in [0.15, 0.2) is 0 Å². The minimum atomic E-state index is 0.118. The van der Waals surface area contributed by atoms with Crippen LogP contribution in [0, 0.1) is 0 Å². The van der Waals surface area contributed by atoms with Gasteiger partial charge >= 0.3 is 0 Å². The minimum Gasteiger partial charge on any atom is -0.378 e. The van der Waals surface area contributed by atoms with Crippen LogP contribution in [0.5, 0.6) is 0 Å². The Balaban J connectivity index is 2.02. The second-order valence-electron chi connectivity index (χ2n) is 3.23. The highest BCUT2D eigenvalue weighted by Gasteiger charge is 2.18. The molecular weight excluding hydrogens is 234 g/mol. The van der Waals surface area contributed by atoms with E-state index < -0.39 is 0 Å². The lowest BCUT2D eigenvalue weighted by atomic mass is 10.2. The van der Waals surface area contributed by atoms with Gasteiger partial charge in [-0.2, -0.15) is 0 Å². The Kier molecular flexibility index (Phi) is 5.39. The van der Waals surface area contributed by atoms with Gasteiger partial charge in [0.05, 0.1) is 12.5 Å². The van der Waals surface area contributed by atoms with Crippen molar-refractivity contribution in [3.63, 3.8) is 0 Å². The van der Waals surface area contributed by atoms with Crippen molar-refractivity contribution in [3.05, 3.63) is 0 Å². The van der Waals surface area contributed by atoms with Gasteiger partial charge in [0, 0.05) is 18.5 Å². The maximum Gasteiger partial charge on any atom is 0.222 e. The van der Waals surface area contributed by atoms with E-state index in [1.165, 1.54) is 0 Å². The van der Waals surface area contributed by atoms with Crippen LogP contribution in [0.1, 0.15) is 25.7 Å². The predicted octanol–water partition coefficient (Wildman–Crippen LogP) is 1.46. The number of hydrogen-bond acceptors (Lipinski definition) is 2. The number of ether oxygens (including phenoxy) is 1. The highest BCUT2D eigenvalue weighted by atomic mass is 79.9. The molecule has 0 saturated carbocycles. The van der Waals surface area contributed by atoms with Gasteiger partial charge in [-0.1, -0.05) is 15.9 Å². The zero-order chi connectivity index (χ0) is 9.52. The summed E-state index contributed by atoms with van der Waals surface area (Å²) in [4.78, 5) is 11.3. The average Bonchev–Trinajstić information content (AvgIpc) is 2.57. The molecule has 0 aromatic heterocycles. The predicted molar refractivity (Wildman–Crippen MR) is 55.0 cm³/mol. The van der Waals surface area contributed by atoms with Crippen molar-refractivity contribution in [1.29, 1.82) is 0 Å². The molecule has 1 N–H and O–H groups in total. The van der Waals surface area contributed by atoms with Crippen molar-refractivity contribution in [2.75, 3.05) is 18.5 Å². The second-order valence-corrected chi connectivity index (χ2v) is 4.02. The van der Waals surface area contributed by atoms with Crippen molar-refractivity contribution >= 4 is 21.8 Å². The third-order valence-corrected chi connectivity index (χ3v) is 2.63. The first kappa shape index (κ1) is 11.0. The minimum absolute atomic E-state index is 0.118. The summed E-state index contributed by atoms with van der Waals surface area (Å²) in [6.45, 7) is 1.58. The van der Waals surface area contributed by atoms with Gasteiger partial charge in [0.25, 0.3) is 0 Å². The van der Waals surface area contributed by atoms with E-state index >= 15 is 0 Å². The number of rotatable bonds is 5. The van der Waals surface area contributed by atoms with Gasteiger partial charge in [-0.15, -0.1) is 0 Å². The normalized spacial score (nSPS) is 21.8. The zero-order valence-corrected chi connectivity index (χ0v) is 9.31. The van der Waals surface area contributed by atoms with Crippen molar-refractivity contribution < 1.29 is 9.53 Å². The first-order valence-electron chi connectivity index (χ1n) is 4.77. The molecule has 4 heteroatoms. The van der Waals surface area contributed by atoms with Crippen LogP contribution in [-0.4, -0.2) is 30.5 Å². The monoisotopic (exact) mass is 249 g/mol. The van der Waals surface area contributed by atoms with Gasteiger partial charge in [-0.05, 0) is 19.3 Å². The van der Waals surface area contributed by atoms with E-state index in [0.717, 1.165) is 37.7 Å². The van der Waals surface area contributed by atoms with Crippen molar-refractivity contribution in [1.82, 2.24) is 5.32 Å². The molecule has 0 spiro atoms. The molecule has 0 aliphatic carbocycles. The lowest BCUT2D eigenvalue weighted by molar-refractivity contribution is -0.123. The molecular formula is C9H16BrNO2. The Bertz CT molecular complexity index is 158. The summed E-state index contributed by atoms with van der Waals surface area (Å²) in [6, 6.07) is 0. The molecule has 1 amide bonds. The number of carbonyl (C=O) groups is 1. The molecule has 1 rings (SSSR count). The fourth-order valence-electron chi connectivity index (χ4n) is 1.38. The standard InChI is InChI=1S/C9H16BrNO2/c10-4-2-5-11-9(12)7-8-3-1-6-13-8/h8H,1-7H2,(H,11,12). The van der Waals surface area contributed by atoms with Crippen LogP contribution in [0.25, 0.3) is 0 Å². The molecule has 1 fully saturated rings. The van der Waals surface area contributed by atoms with Crippen LogP contribution >= 0.6 is 15.9 Å². The van der Waals surface area contributed by atoms with Crippen LogP contribution in [0.3, 0.4) is 0 Å². The molecule has 1 heterocycles. The molecule has 0 aromatic rings. The third-order valence-electron chi connectivity index (χ3n) is 2.07. The number of hydrogen-bond donors (Lipinski definition) is 1. The van der Waals surface area contributed by atoms with Crippen LogP contribution in [0.4, 0.5) is 0 Å². The van der Waals surface area contributed by atoms with E-state index in [-0.39, 0.29) is 12.0 Å². The molecule has 1 aliphatic heterocycles. The van der Waals surface area contributed by atoms with E-state index in [2.05, 4.69) is 21.2 Å². The summed E-state index contributed by atoms with van der Waals surface area (Å²) in [5.74, 6) is 0.118. The maximum absolute atomic E-state index is 11.3. The fraction of sp³-hybridized carbons (Fsp3) is 0.889. The summed E-state index contributed by atoms with van der Waals surface area (Å²) < 4.78 is 5.36. The number of amides is 1. The summed E-state index contributed by atoms with van der Waals surface area (Å²) in [6.07, 6.45) is 3.81. The van der Waals surface area contributed by atoms with Gasteiger partial charge in [-0.3, -0.25) is 4.79 Å². The van der Waals surface area contributed by atoms with E-state index in [1.807, 2.05) is 0 Å². The molecule has 0 aromatic carbocycles. The van der Waals surface area contributed by atoms with E-state index in [1.54, 1.807) is 0 Å². The Morgan fingerprint density at radius 2 is 2.46 bits per heavy atom.